The van der Waals surface area contributed by atoms with Crippen molar-refractivity contribution in [3.63, 3.8) is 0 Å². The summed E-state index contributed by atoms with van der Waals surface area (Å²) < 4.78 is 12.4. The van der Waals surface area contributed by atoms with Crippen LogP contribution in [-0.4, -0.2) is 43.0 Å². The van der Waals surface area contributed by atoms with Crippen molar-refractivity contribution in [1.29, 1.82) is 0 Å². The number of methoxy groups -OCH3 is 1. The summed E-state index contributed by atoms with van der Waals surface area (Å²) in [4.78, 5) is 11.2. The van der Waals surface area contributed by atoms with E-state index in [4.69, 9.17) is 9.47 Å². The van der Waals surface area contributed by atoms with Crippen LogP contribution >= 0.6 is 15.9 Å². The summed E-state index contributed by atoms with van der Waals surface area (Å²) in [7, 11) is 3.70. The molecule has 1 aromatic carbocycles. The molecule has 1 unspecified atom stereocenters. The van der Waals surface area contributed by atoms with E-state index in [2.05, 4.69) is 45.0 Å². The first-order valence-electron chi connectivity index (χ1n) is 9.24. The van der Waals surface area contributed by atoms with Gasteiger partial charge in [-0.15, -0.1) is 0 Å². The van der Waals surface area contributed by atoms with Crippen molar-refractivity contribution in [3.8, 4) is 11.6 Å². The quantitative estimate of drug-likeness (QED) is 0.490. The number of aromatic nitrogens is 1. The Bertz CT molecular complexity index is 838. The van der Waals surface area contributed by atoms with Gasteiger partial charge in [0.1, 0.15) is 11.9 Å². The monoisotopic (exact) mass is 431 g/mol. The van der Waals surface area contributed by atoms with Crippen LogP contribution in [0.3, 0.4) is 0 Å². The average molecular weight is 432 g/mol. The normalized spacial score (nSPS) is 16.3. The maximum atomic E-state index is 6.23. The Balaban J connectivity index is 1.72. The maximum Gasteiger partial charge on any atom is 0.228 e. The summed E-state index contributed by atoms with van der Waals surface area (Å²) >= 11 is 3.59. The van der Waals surface area contributed by atoms with Gasteiger partial charge in [0.2, 0.25) is 5.88 Å². The van der Waals surface area contributed by atoms with Crippen LogP contribution in [0.4, 0.5) is 5.69 Å². The third kappa shape index (κ3) is 4.80. The lowest BCUT2D eigenvalue weighted by atomic mass is 9.89. The van der Waals surface area contributed by atoms with Gasteiger partial charge < -0.3 is 14.4 Å². The predicted molar refractivity (Wildman–Crippen MR) is 113 cm³/mol. The average Bonchev–Trinajstić information content (AvgIpc) is 2.68. The van der Waals surface area contributed by atoms with Crippen LogP contribution in [-0.2, 0) is 12.8 Å². The molecule has 2 aromatic rings. The Morgan fingerprint density at radius 1 is 1.33 bits per heavy atom. The van der Waals surface area contributed by atoms with Gasteiger partial charge in [-0.2, -0.15) is 0 Å². The number of pyridine rings is 1. The smallest absolute Gasteiger partial charge is 0.228 e. The van der Waals surface area contributed by atoms with Crippen LogP contribution in [0.15, 0.2) is 33.7 Å². The molecule has 0 fully saturated rings. The van der Waals surface area contributed by atoms with Gasteiger partial charge in [0.05, 0.1) is 29.3 Å². The minimum absolute atomic E-state index is 0.120. The van der Waals surface area contributed by atoms with E-state index in [-0.39, 0.29) is 6.10 Å². The Morgan fingerprint density at radius 2 is 2.15 bits per heavy atom. The van der Waals surface area contributed by atoms with Gasteiger partial charge in [0, 0.05) is 20.0 Å². The molecule has 0 aliphatic heterocycles. The lowest BCUT2D eigenvalue weighted by Crippen LogP contribution is -2.26. The van der Waals surface area contributed by atoms with Crippen LogP contribution in [0.25, 0.3) is 0 Å². The number of hydrogen-bond acceptors (Lipinski definition) is 4. The molecule has 0 bridgehead atoms. The summed E-state index contributed by atoms with van der Waals surface area (Å²) in [6.45, 7) is 4.95. The number of benzene rings is 1. The van der Waals surface area contributed by atoms with Crippen molar-refractivity contribution >= 4 is 28.0 Å². The molecular formula is C21H26BrN3O2. The highest BCUT2D eigenvalue weighted by Crippen LogP contribution is 2.33. The van der Waals surface area contributed by atoms with E-state index < -0.39 is 0 Å². The number of aryl methyl sites for hydroxylation is 2. The molecular weight excluding hydrogens is 406 g/mol. The number of halogens is 1. The van der Waals surface area contributed by atoms with Crippen molar-refractivity contribution < 1.29 is 9.47 Å². The van der Waals surface area contributed by atoms with Gasteiger partial charge in [0.15, 0.2) is 0 Å². The van der Waals surface area contributed by atoms with E-state index in [1.165, 1.54) is 11.1 Å². The summed E-state index contributed by atoms with van der Waals surface area (Å²) in [5.74, 6) is 1.55. The molecule has 0 radical (unpaired) electrons. The molecule has 0 spiro atoms. The van der Waals surface area contributed by atoms with Gasteiger partial charge in [-0.25, -0.2) is 9.98 Å². The number of fused-ring (bicyclic) bond motifs is 1. The predicted octanol–water partition coefficient (Wildman–Crippen LogP) is 4.71. The fourth-order valence-corrected chi connectivity index (χ4v) is 3.49. The Hall–Kier alpha value is -2.08. The largest absolute Gasteiger partial charge is 0.497 e. The zero-order chi connectivity index (χ0) is 19.4. The molecule has 3 rings (SSSR count). The first-order valence-corrected chi connectivity index (χ1v) is 10.0. The van der Waals surface area contributed by atoms with Gasteiger partial charge in [-0.05, 0) is 71.9 Å². The van der Waals surface area contributed by atoms with E-state index in [1.54, 1.807) is 7.11 Å². The second-order valence-electron chi connectivity index (χ2n) is 6.81. The summed E-state index contributed by atoms with van der Waals surface area (Å²) in [5.41, 5.74) is 4.37. The van der Waals surface area contributed by atoms with E-state index in [0.29, 0.717) is 5.88 Å². The maximum absolute atomic E-state index is 6.23. The molecule has 1 heterocycles. The van der Waals surface area contributed by atoms with Gasteiger partial charge >= 0.3 is 0 Å². The molecule has 1 aromatic heterocycles. The van der Waals surface area contributed by atoms with Crippen molar-refractivity contribution in [2.75, 3.05) is 20.7 Å². The fourth-order valence-electron chi connectivity index (χ4n) is 3.09. The Kier molecular flexibility index (Phi) is 6.37. The lowest BCUT2D eigenvalue weighted by Gasteiger charge is -2.26. The van der Waals surface area contributed by atoms with Gasteiger partial charge in [-0.3, -0.25) is 0 Å². The van der Waals surface area contributed by atoms with Crippen LogP contribution in [0.5, 0.6) is 11.6 Å². The minimum atomic E-state index is 0.120. The van der Waals surface area contributed by atoms with Crippen LogP contribution in [0.1, 0.15) is 30.2 Å². The highest BCUT2D eigenvalue weighted by atomic mass is 79.9. The second-order valence-corrected chi connectivity index (χ2v) is 7.67. The first kappa shape index (κ1) is 19.7. The Morgan fingerprint density at radius 3 is 2.89 bits per heavy atom. The third-order valence-electron chi connectivity index (χ3n) is 4.88. The highest BCUT2D eigenvalue weighted by molar-refractivity contribution is 9.10. The molecule has 0 N–H and O–H groups in total. The van der Waals surface area contributed by atoms with Crippen LogP contribution in [0.2, 0.25) is 0 Å². The zero-order valence-corrected chi connectivity index (χ0v) is 17.9. The number of nitrogens with zero attached hydrogens (tertiary/aromatic N) is 3. The molecule has 5 nitrogen and oxygen atoms in total. The molecule has 6 heteroatoms. The number of rotatable bonds is 6. The van der Waals surface area contributed by atoms with Crippen molar-refractivity contribution in [3.05, 3.63) is 45.6 Å². The van der Waals surface area contributed by atoms with Crippen molar-refractivity contribution in [1.82, 2.24) is 9.88 Å². The second kappa shape index (κ2) is 8.74. The minimum Gasteiger partial charge on any atom is -0.497 e. The molecule has 0 saturated heterocycles. The third-order valence-corrected chi connectivity index (χ3v) is 5.44. The molecule has 1 aliphatic rings. The summed E-state index contributed by atoms with van der Waals surface area (Å²) in [6.07, 6.45) is 4.78. The summed E-state index contributed by atoms with van der Waals surface area (Å²) in [5, 5.41) is 0. The lowest BCUT2D eigenvalue weighted by molar-refractivity contribution is 0.175. The molecule has 0 saturated carbocycles. The standard InChI is InChI=1S/C21H26BrN3O2/c1-5-25(3)13-23-20-12-19(22)21(24-14(20)2)27-18-9-7-15-10-17(26-4)8-6-16(15)11-18/h6,8,10,12-13,18H,5,7,9,11H2,1-4H3/b23-13+. The van der Waals surface area contributed by atoms with Crippen LogP contribution < -0.4 is 9.47 Å². The highest BCUT2D eigenvalue weighted by Gasteiger charge is 2.22. The van der Waals surface area contributed by atoms with Crippen molar-refractivity contribution in [2.24, 2.45) is 4.99 Å². The molecule has 144 valence electrons. The number of aliphatic imine (C=N–C) groups is 1. The van der Waals surface area contributed by atoms with E-state index >= 15 is 0 Å². The fraction of sp³-hybridized carbons (Fsp3) is 0.429. The van der Waals surface area contributed by atoms with E-state index in [0.717, 1.165) is 47.4 Å². The zero-order valence-electron chi connectivity index (χ0n) is 16.3. The SMILES string of the molecule is CCN(C)/C=N/c1cc(Br)c(OC2CCc3cc(OC)ccc3C2)nc1C. The number of ether oxygens (including phenoxy) is 2. The van der Waals surface area contributed by atoms with Gasteiger partial charge in [0.25, 0.3) is 0 Å². The van der Waals surface area contributed by atoms with Crippen LogP contribution in [0, 0.1) is 6.92 Å². The van der Waals surface area contributed by atoms with E-state index in [1.807, 2.05) is 37.3 Å². The van der Waals surface area contributed by atoms with Crippen molar-refractivity contribution in [2.45, 2.75) is 39.2 Å². The van der Waals surface area contributed by atoms with E-state index in [9.17, 15) is 0 Å². The topological polar surface area (TPSA) is 47.0 Å². The molecule has 0 amide bonds. The number of hydrogen-bond donors (Lipinski definition) is 0. The molecule has 27 heavy (non-hydrogen) atoms. The Labute approximate surface area is 169 Å². The van der Waals surface area contributed by atoms with Gasteiger partial charge in [-0.1, -0.05) is 6.07 Å². The summed E-state index contributed by atoms with van der Waals surface area (Å²) in [6, 6.07) is 8.25. The molecule has 1 aliphatic carbocycles. The molecule has 1 atom stereocenters. The first-order chi connectivity index (χ1) is 13.0.